The zero-order chi connectivity index (χ0) is 26.1. The van der Waals surface area contributed by atoms with Crippen molar-refractivity contribution in [2.75, 3.05) is 30.5 Å². The summed E-state index contributed by atoms with van der Waals surface area (Å²) in [5, 5.41) is -0.255. The van der Waals surface area contributed by atoms with E-state index in [0.29, 0.717) is 23.3 Å². The van der Waals surface area contributed by atoms with E-state index in [1.54, 1.807) is 61.7 Å². The lowest BCUT2D eigenvalue weighted by Crippen LogP contribution is -2.43. The maximum atomic E-state index is 13.2. The first-order valence-electron chi connectivity index (χ1n) is 11.7. The summed E-state index contributed by atoms with van der Waals surface area (Å²) in [7, 11) is -0.875. The molecule has 1 saturated heterocycles. The number of aromatic nitrogens is 2. The van der Waals surface area contributed by atoms with Gasteiger partial charge in [-0.3, -0.25) is 4.79 Å². The van der Waals surface area contributed by atoms with Crippen LogP contribution in [0.4, 0.5) is 17.3 Å². The molecule has 1 aromatic carbocycles. The van der Waals surface area contributed by atoms with Gasteiger partial charge in [-0.2, -0.15) is 8.42 Å². The van der Waals surface area contributed by atoms with Gasteiger partial charge in [0.25, 0.3) is 15.9 Å². The molecule has 1 fully saturated rings. The maximum Gasteiger partial charge on any atom is 0.281 e. The van der Waals surface area contributed by atoms with Gasteiger partial charge in [0.1, 0.15) is 17.4 Å². The van der Waals surface area contributed by atoms with Gasteiger partial charge in [0.05, 0.1) is 12.7 Å². The van der Waals surface area contributed by atoms with Crippen LogP contribution in [0.1, 0.15) is 37.6 Å². The highest BCUT2D eigenvalue weighted by molar-refractivity contribution is 7.90. The Balaban J connectivity index is 1.58. The Labute approximate surface area is 212 Å². The van der Waals surface area contributed by atoms with Crippen molar-refractivity contribution in [3.8, 4) is 5.75 Å². The van der Waals surface area contributed by atoms with Crippen molar-refractivity contribution in [1.82, 2.24) is 14.7 Å². The second kappa shape index (κ2) is 9.77. The number of ether oxygens (including phenoxy) is 1. The van der Waals surface area contributed by atoms with Crippen molar-refractivity contribution in [2.45, 2.75) is 37.8 Å². The Kier molecular flexibility index (Phi) is 6.90. The maximum absolute atomic E-state index is 13.2. The molecule has 3 heterocycles. The van der Waals surface area contributed by atoms with Gasteiger partial charge in [-0.05, 0) is 74.7 Å². The van der Waals surface area contributed by atoms with E-state index in [0.717, 1.165) is 18.7 Å². The fraction of sp³-hybridized carbons (Fsp3) is 0.346. The number of nitrogens with one attached hydrogen (secondary N) is 1. The number of amides is 1. The van der Waals surface area contributed by atoms with E-state index in [9.17, 15) is 13.2 Å². The van der Waals surface area contributed by atoms with Crippen LogP contribution in [-0.2, 0) is 10.0 Å². The molecular formula is C26H31N5O4S. The number of sulfonamides is 1. The molecule has 3 aromatic rings. The summed E-state index contributed by atoms with van der Waals surface area (Å²) < 4.78 is 33.7. The molecule has 2 aromatic heterocycles. The second-order valence-corrected chi connectivity index (χ2v) is 11.0. The molecule has 0 saturated carbocycles. The van der Waals surface area contributed by atoms with Crippen molar-refractivity contribution in [3.05, 3.63) is 66.4 Å². The summed E-state index contributed by atoms with van der Waals surface area (Å²) in [6.07, 6.45) is 2.57. The quantitative estimate of drug-likeness (QED) is 0.510. The molecule has 1 aliphatic heterocycles. The van der Waals surface area contributed by atoms with Gasteiger partial charge in [0.15, 0.2) is 5.03 Å². The lowest BCUT2D eigenvalue weighted by Gasteiger charge is -2.36. The molecule has 1 unspecified atom stereocenters. The number of hydrogen-bond donors (Lipinski definition) is 1. The molecule has 0 bridgehead atoms. The SMILES string of the molecule is COc1ccc(N(C)c2cccc(S(=O)(=O)NC(=O)c3cccnc3N3CCC(C)C3(C)C)n2)cc1. The number of carbonyl (C=O) groups excluding carboxylic acids is 1. The monoisotopic (exact) mass is 509 g/mol. The van der Waals surface area contributed by atoms with Gasteiger partial charge in [0, 0.05) is 31.0 Å². The smallest absolute Gasteiger partial charge is 0.281 e. The molecule has 1 amide bonds. The number of pyridine rings is 2. The first-order chi connectivity index (χ1) is 17.0. The molecule has 0 radical (unpaired) electrons. The summed E-state index contributed by atoms with van der Waals surface area (Å²) in [4.78, 5) is 25.8. The molecule has 1 N–H and O–H groups in total. The van der Waals surface area contributed by atoms with Crippen LogP contribution in [0.25, 0.3) is 0 Å². The number of benzene rings is 1. The Bertz CT molecular complexity index is 1360. The van der Waals surface area contributed by atoms with Crippen molar-refractivity contribution < 1.29 is 17.9 Å². The Morgan fingerprint density at radius 1 is 1.14 bits per heavy atom. The van der Waals surface area contributed by atoms with E-state index in [2.05, 4.69) is 40.4 Å². The van der Waals surface area contributed by atoms with Gasteiger partial charge in [-0.1, -0.05) is 13.0 Å². The summed E-state index contributed by atoms with van der Waals surface area (Å²) in [5.74, 6) is 1.24. The lowest BCUT2D eigenvalue weighted by molar-refractivity contribution is 0.0981. The normalized spacial score (nSPS) is 17.0. The third kappa shape index (κ3) is 4.86. The molecule has 1 aliphatic rings. The topological polar surface area (TPSA) is 105 Å². The van der Waals surface area contributed by atoms with E-state index < -0.39 is 15.9 Å². The van der Waals surface area contributed by atoms with Crippen molar-refractivity contribution >= 4 is 33.3 Å². The average molecular weight is 510 g/mol. The summed E-state index contributed by atoms with van der Waals surface area (Å²) >= 11 is 0. The minimum Gasteiger partial charge on any atom is -0.497 e. The summed E-state index contributed by atoms with van der Waals surface area (Å²) in [5.41, 5.74) is 0.781. The van der Waals surface area contributed by atoms with Crippen molar-refractivity contribution in [1.29, 1.82) is 0 Å². The fourth-order valence-electron chi connectivity index (χ4n) is 4.31. The largest absolute Gasteiger partial charge is 0.497 e. The van der Waals surface area contributed by atoms with E-state index in [1.807, 2.05) is 12.1 Å². The highest BCUT2D eigenvalue weighted by atomic mass is 32.2. The Hall–Kier alpha value is -3.66. The van der Waals surface area contributed by atoms with E-state index in [4.69, 9.17) is 4.74 Å². The molecule has 4 rings (SSSR count). The predicted octanol–water partition coefficient (Wildman–Crippen LogP) is 4.00. The number of anilines is 3. The Morgan fingerprint density at radius 2 is 1.86 bits per heavy atom. The third-order valence-electron chi connectivity index (χ3n) is 6.99. The molecule has 10 heteroatoms. The van der Waals surface area contributed by atoms with Crippen LogP contribution in [0.5, 0.6) is 5.75 Å². The van der Waals surface area contributed by atoms with Crippen LogP contribution in [0.3, 0.4) is 0 Å². The van der Waals surface area contributed by atoms with Gasteiger partial charge < -0.3 is 14.5 Å². The summed E-state index contributed by atoms with van der Waals surface area (Å²) in [6.45, 7) is 7.10. The van der Waals surface area contributed by atoms with Crippen LogP contribution >= 0.6 is 0 Å². The zero-order valence-corrected chi connectivity index (χ0v) is 21.9. The standard InChI is InChI=1S/C26H31N5O4S/c1-18-15-17-31(26(18,2)3)24-21(8-7-16-27-24)25(32)29-36(33,34)23-10-6-9-22(28-23)30(4)19-11-13-20(35-5)14-12-19/h6-14,16,18H,15,17H2,1-5H3,(H,29,32). The molecule has 1 atom stereocenters. The molecule has 190 valence electrons. The van der Waals surface area contributed by atoms with Crippen molar-refractivity contribution in [2.24, 2.45) is 5.92 Å². The van der Waals surface area contributed by atoms with E-state index >= 15 is 0 Å². The minimum absolute atomic E-state index is 0.203. The first-order valence-corrected chi connectivity index (χ1v) is 13.2. The highest BCUT2D eigenvalue weighted by Crippen LogP contribution is 2.38. The van der Waals surface area contributed by atoms with Gasteiger partial charge in [-0.25, -0.2) is 14.7 Å². The minimum atomic E-state index is -4.24. The average Bonchev–Trinajstić information content (AvgIpc) is 3.15. The molecule has 36 heavy (non-hydrogen) atoms. The van der Waals surface area contributed by atoms with Gasteiger partial charge in [0.2, 0.25) is 0 Å². The lowest BCUT2D eigenvalue weighted by atomic mass is 9.90. The number of rotatable bonds is 7. The zero-order valence-electron chi connectivity index (χ0n) is 21.1. The predicted molar refractivity (Wildman–Crippen MR) is 139 cm³/mol. The molecule has 0 aliphatic carbocycles. The molecular weight excluding hydrogens is 478 g/mol. The van der Waals surface area contributed by atoms with Crippen LogP contribution in [0.15, 0.2) is 65.8 Å². The van der Waals surface area contributed by atoms with E-state index in [-0.39, 0.29) is 16.1 Å². The number of nitrogens with zero attached hydrogens (tertiary/aromatic N) is 4. The highest BCUT2D eigenvalue weighted by Gasteiger charge is 2.40. The second-order valence-electron chi connectivity index (χ2n) is 9.40. The fourth-order valence-corrected chi connectivity index (χ4v) is 5.24. The summed E-state index contributed by atoms with van der Waals surface area (Å²) in [6, 6.07) is 15.2. The van der Waals surface area contributed by atoms with E-state index in [1.165, 1.54) is 6.07 Å². The molecule has 0 spiro atoms. The van der Waals surface area contributed by atoms with Crippen LogP contribution in [0.2, 0.25) is 0 Å². The van der Waals surface area contributed by atoms with Crippen LogP contribution < -0.4 is 19.3 Å². The van der Waals surface area contributed by atoms with Crippen LogP contribution in [-0.4, -0.2) is 50.5 Å². The van der Waals surface area contributed by atoms with Gasteiger partial charge in [-0.15, -0.1) is 0 Å². The number of hydrogen-bond acceptors (Lipinski definition) is 8. The number of methoxy groups -OCH3 is 1. The van der Waals surface area contributed by atoms with Crippen LogP contribution in [0, 0.1) is 5.92 Å². The number of carbonyl (C=O) groups is 1. The Morgan fingerprint density at radius 3 is 2.50 bits per heavy atom. The first kappa shape index (κ1) is 25.4. The van der Waals surface area contributed by atoms with Crippen molar-refractivity contribution in [3.63, 3.8) is 0 Å². The van der Waals surface area contributed by atoms with Gasteiger partial charge >= 0.3 is 0 Å². The third-order valence-corrected chi connectivity index (χ3v) is 8.22. The molecule has 9 nitrogen and oxygen atoms in total.